The SMILES string of the molecule is COC1CCN(CC2(CC(N)=S)CC2)C1. The molecule has 1 unspecified atom stereocenters. The van der Waals surface area contributed by atoms with Crippen molar-refractivity contribution in [3.63, 3.8) is 0 Å². The van der Waals surface area contributed by atoms with Crippen LogP contribution in [0.4, 0.5) is 0 Å². The molecule has 0 bridgehead atoms. The first-order valence-corrected chi connectivity index (χ1v) is 6.08. The van der Waals surface area contributed by atoms with Crippen molar-refractivity contribution in [1.29, 1.82) is 0 Å². The molecule has 86 valence electrons. The number of nitrogens with zero attached hydrogens (tertiary/aromatic N) is 1. The van der Waals surface area contributed by atoms with Crippen molar-refractivity contribution in [1.82, 2.24) is 4.90 Å². The van der Waals surface area contributed by atoms with Gasteiger partial charge in [-0.2, -0.15) is 0 Å². The molecule has 2 fully saturated rings. The second-order valence-electron chi connectivity index (χ2n) is 5.02. The van der Waals surface area contributed by atoms with Gasteiger partial charge in [-0.25, -0.2) is 0 Å². The zero-order valence-corrected chi connectivity index (χ0v) is 10.2. The Hall–Kier alpha value is -0.190. The first-order valence-electron chi connectivity index (χ1n) is 5.67. The molecule has 1 aliphatic heterocycles. The fraction of sp³-hybridized carbons (Fsp3) is 0.909. The van der Waals surface area contributed by atoms with Gasteiger partial charge in [0.25, 0.3) is 0 Å². The summed E-state index contributed by atoms with van der Waals surface area (Å²) in [6.45, 7) is 3.40. The maximum absolute atomic E-state index is 5.63. The van der Waals surface area contributed by atoms with Crippen LogP contribution in [-0.2, 0) is 4.74 Å². The smallest absolute Gasteiger partial charge is 0.0733 e. The van der Waals surface area contributed by atoms with E-state index in [1.807, 2.05) is 0 Å². The Morgan fingerprint density at radius 2 is 2.33 bits per heavy atom. The van der Waals surface area contributed by atoms with E-state index in [0.29, 0.717) is 16.5 Å². The lowest BCUT2D eigenvalue weighted by atomic mass is 10.0. The Bertz CT molecular complexity index is 253. The van der Waals surface area contributed by atoms with Crippen LogP contribution < -0.4 is 5.73 Å². The van der Waals surface area contributed by atoms with Crippen molar-refractivity contribution < 1.29 is 4.74 Å². The minimum atomic E-state index is 0.425. The highest BCUT2D eigenvalue weighted by Crippen LogP contribution is 2.49. The topological polar surface area (TPSA) is 38.5 Å². The summed E-state index contributed by atoms with van der Waals surface area (Å²) in [6, 6.07) is 0. The number of likely N-dealkylation sites (tertiary alicyclic amines) is 1. The Morgan fingerprint density at radius 1 is 1.60 bits per heavy atom. The predicted octanol–water partition coefficient (Wildman–Crippen LogP) is 1.16. The van der Waals surface area contributed by atoms with Crippen molar-refractivity contribution in [3.05, 3.63) is 0 Å². The van der Waals surface area contributed by atoms with E-state index in [9.17, 15) is 0 Å². The van der Waals surface area contributed by atoms with Crippen molar-refractivity contribution in [2.45, 2.75) is 31.8 Å². The molecule has 0 aromatic carbocycles. The second-order valence-corrected chi connectivity index (χ2v) is 5.55. The number of rotatable bonds is 5. The molecule has 0 aromatic rings. The van der Waals surface area contributed by atoms with Crippen molar-refractivity contribution in [2.75, 3.05) is 26.7 Å². The van der Waals surface area contributed by atoms with E-state index in [1.54, 1.807) is 7.11 Å². The minimum Gasteiger partial charge on any atom is -0.393 e. The molecule has 0 amide bonds. The van der Waals surface area contributed by atoms with Gasteiger partial charge in [0.15, 0.2) is 0 Å². The van der Waals surface area contributed by atoms with E-state index in [4.69, 9.17) is 22.7 Å². The lowest BCUT2D eigenvalue weighted by molar-refractivity contribution is 0.105. The standard InChI is InChI=1S/C11H20N2OS/c1-14-9-2-5-13(7-9)8-11(3-4-11)6-10(12)15/h9H,2-8H2,1H3,(H2,12,15). The molecule has 1 atom stereocenters. The van der Waals surface area contributed by atoms with E-state index in [1.165, 1.54) is 19.3 Å². The van der Waals surface area contributed by atoms with E-state index < -0.39 is 0 Å². The molecular formula is C11H20N2OS. The second kappa shape index (κ2) is 4.36. The number of methoxy groups -OCH3 is 1. The molecule has 15 heavy (non-hydrogen) atoms. The van der Waals surface area contributed by atoms with E-state index in [-0.39, 0.29) is 0 Å². The number of ether oxygens (including phenoxy) is 1. The summed E-state index contributed by atoms with van der Waals surface area (Å²) in [5.41, 5.74) is 6.06. The van der Waals surface area contributed by atoms with Crippen LogP contribution >= 0.6 is 12.2 Å². The first kappa shape index (κ1) is 11.3. The van der Waals surface area contributed by atoms with Gasteiger partial charge in [-0.15, -0.1) is 0 Å². The molecule has 2 N–H and O–H groups in total. The number of hydrogen-bond acceptors (Lipinski definition) is 3. The van der Waals surface area contributed by atoms with E-state index in [0.717, 1.165) is 26.1 Å². The van der Waals surface area contributed by atoms with Gasteiger partial charge in [0.2, 0.25) is 0 Å². The highest BCUT2D eigenvalue weighted by atomic mass is 32.1. The Morgan fingerprint density at radius 3 is 2.80 bits per heavy atom. The van der Waals surface area contributed by atoms with Crippen molar-refractivity contribution >= 4 is 17.2 Å². The van der Waals surface area contributed by atoms with Crippen LogP contribution in [0.15, 0.2) is 0 Å². The molecule has 1 heterocycles. The van der Waals surface area contributed by atoms with Gasteiger partial charge in [-0.1, -0.05) is 12.2 Å². The molecule has 1 saturated heterocycles. The van der Waals surface area contributed by atoms with Crippen molar-refractivity contribution in [3.8, 4) is 0 Å². The summed E-state index contributed by atoms with van der Waals surface area (Å²) in [6.07, 6.45) is 5.11. The predicted molar refractivity (Wildman–Crippen MR) is 64.9 cm³/mol. The lowest BCUT2D eigenvalue weighted by Crippen LogP contribution is -2.31. The normalized spacial score (nSPS) is 29.3. The number of nitrogens with two attached hydrogens (primary N) is 1. The van der Waals surface area contributed by atoms with Crippen LogP contribution in [0, 0.1) is 5.41 Å². The maximum Gasteiger partial charge on any atom is 0.0733 e. The summed E-state index contributed by atoms with van der Waals surface area (Å²) < 4.78 is 5.37. The highest BCUT2D eigenvalue weighted by molar-refractivity contribution is 7.80. The molecule has 1 saturated carbocycles. The molecule has 0 aromatic heterocycles. The minimum absolute atomic E-state index is 0.425. The Kier molecular flexibility index (Phi) is 3.28. The van der Waals surface area contributed by atoms with Crippen LogP contribution in [0.3, 0.4) is 0 Å². The number of hydrogen-bond donors (Lipinski definition) is 1. The van der Waals surface area contributed by atoms with E-state index in [2.05, 4.69) is 4.90 Å². The third-order valence-corrected chi connectivity index (χ3v) is 3.77. The molecule has 0 radical (unpaired) electrons. The summed E-state index contributed by atoms with van der Waals surface area (Å²) in [7, 11) is 1.80. The van der Waals surface area contributed by atoms with E-state index >= 15 is 0 Å². The van der Waals surface area contributed by atoms with Crippen LogP contribution in [0.25, 0.3) is 0 Å². The van der Waals surface area contributed by atoms with Crippen LogP contribution in [-0.4, -0.2) is 42.7 Å². The summed E-state index contributed by atoms with van der Waals surface area (Å²) in [5, 5.41) is 0. The van der Waals surface area contributed by atoms with Crippen molar-refractivity contribution in [2.24, 2.45) is 11.1 Å². The zero-order valence-electron chi connectivity index (χ0n) is 9.37. The zero-order chi connectivity index (χ0) is 10.9. The van der Waals surface area contributed by atoms with Gasteiger partial charge in [0.05, 0.1) is 11.1 Å². The summed E-state index contributed by atoms with van der Waals surface area (Å²) >= 11 is 5.01. The first-order chi connectivity index (χ1) is 7.13. The van der Waals surface area contributed by atoms with Crippen LogP contribution in [0.5, 0.6) is 0 Å². The fourth-order valence-electron chi connectivity index (χ4n) is 2.54. The lowest BCUT2D eigenvalue weighted by Gasteiger charge is -2.22. The molecule has 2 aliphatic rings. The highest BCUT2D eigenvalue weighted by Gasteiger charge is 2.44. The molecular weight excluding hydrogens is 208 g/mol. The third kappa shape index (κ3) is 2.89. The summed E-state index contributed by atoms with van der Waals surface area (Å²) in [4.78, 5) is 3.18. The van der Waals surface area contributed by atoms with Gasteiger partial charge in [-0.3, -0.25) is 0 Å². The monoisotopic (exact) mass is 228 g/mol. The summed E-state index contributed by atoms with van der Waals surface area (Å²) in [5.74, 6) is 0. The Labute approximate surface area is 96.9 Å². The average Bonchev–Trinajstić information content (AvgIpc) is 2.76. The largest absolute Gasteiger partial charge is 0.393 e. The molecule has 3 nitrogen and oxygen atoms in total. The van der Waals surface area contributed by atoms with Crippen LogP contribution in [0.1, 0.15) is 25.7 Å². The maximum atomic E-state index is 5.63. The average molecular weight is 228 g/mol. The van der Waals surface area contributed by atoms with Gasteiger partial charge in [0, 0.05) is 33.2 Å². The molecule has 2 rings (SSSR count). The molecule has 0 spiro atoms. The van der Waals surface area contributed by atoms with Gasteiger partial charge in [-0.05, 0) is 24.7 Å². The quantitative estimate of drug-likeness (QED) is 0.717. The third-order valence-electron chi connectivity index (χ3n) is 3.63. The van der Waals surface area contributed by atoms with Crippen LogP contribution in [0.2, 0.25) is 0 Å². The molecule has 4 heteroatoms. The van der Waals surface area contributed by atoms with Gasteiger partial charge in [0.1, 0.15) is 0 Å². The number of thiocarbonyl (C=S) groups is 1. The Balaban J connectivity index is 1.80. The fourth-order valence-corrected chi connectivity index (χ4v) is 2.85. The molecule has 1 aliphatic carbocycles. The van der Waals surface area contributed by atoms with Gasteiger partial charge >= 0.3 is 0 Å². The van der Waals surface area contributed by atoms with Gasteiger partial charge < -0.3 is 15.4 Å².